The van der Waals surface area contributed by atoms with Gasteiger partial charge in [0.2, 0.25) is 0 Å². The summed E-state index contributed by atoms with van der Waals surface area (Å²) >= 11 is 0. The third-order valence-corrected chi connectivity index (χ3v) is 2.03. The van der Waals surface area contributed by atoms with Crippen molar-refractivity contribution in [1.82, 2.24) is 25.2 Å². The summed E-state index contributed by atoms with van der Waals surface area (Å²) in [5.41, 5.74) is 6.56. The Morgan fingerprint density at radius 1 is 1.53 bits per heavy atom. The molecular weight excluding hydrogens is 222 g/mol. The topological polar surface area (TPSA) is 112 Å². The van der Waals surface area contributed by atoms with Crippen LogP contribution in [0, 0.1) is 0 Å². The molecule has 3 N–H and O–H groups in total. The molecular formula is C9H11N7O. The van der Waals surface area contributed by atoms with E-state index in [1.165, 1.54) is 4.80 Å². The number of anilines is 1. The van der Waals surface area contributed by atoms with Crippen molar-refractivity contribution in [2.75, 3.05) is 5.32 Å². The maximum absolute atomic E-state index is 11.7. The van der Waals surface area contributed by atoms with E-state index in [-0.39, 0.29) is 17.5 Å². The molecule has 88 valence electrons. The van der Waals surface area contributed by atoms with Crippen LogP contribution < -0.4 is 11.1 Å². The van der Waals surface area contributed by atoms with Gasteiger partial charge >= 0.3 is 0 Å². The predicted molar refractivity (Wildman–Crippen MR) is 58.9 cm³/mol. The molecule has 0 aromatic carbocycles. The zero-order valence-corrected chi connectivity index (χ0v) is 9.16. The Hall–Kier alpha value is -2.35. The third kappa shape index (κ3) is 2.61. The van der Waals surface area contributed by atoms with Gasteiger partial charge in [-0.25, -0.2) is 0 Å². The Labute approximate surface area is 96.8 Å². The second-order valence-corrected chi connectivity index (χ2v) is 3.31. The fraction of sp³-hybridized carbons (Fsp3) is 0.222. The predicted octanol–water partition coefficient (Wildman–Crippen LogP) is -0.684. The van der Waals surface area contributed by atoms with Crippen LogP contribution in [0.1, 0.15) is 16.1 Å². The minimum atomic E-state index is -0.387. The number of carbonyl (C=O) groups is 1. The van der Waals surface area contributed by atoms with E-state index in [0.717, 1.165) is 5.56 Å². The molecule has 1 amide bonds. The van der Waals surface area contributed by atoms with Gasteiger partial charge in [-0.05, 0) is 16.8 Å². The normalized spacial score (nSPS) is 10.2. The smallest absolute Gasteiger partial charge is 0.276 e. The van der Waals surface area contributed by atoms with Crippen molar-refractivity contribution in [1.29, 1.82) is 0 Å². The Morgan fingerprint density at radius 3 is 2.88 bits per heavy atom. The van der Waals surface area contributed by atoms with Crippen molar-refractivity contribution >= 4 is 11.9 Å². The number of hydrogen-bond donors (Lipinski definition) is 2. The molecule has 0 aliphatic rings. The number of aromatic nitrogens is 5. The van der Waals surface area contributed by atoms with Gasteiger partial charge in [-0.3, -0.25) is 15.1 Å². The number of hydrogen-bond acceptors (Lipinski definition) is 6. The second-order valence-electron chi connectivity index (χ2n) is 3.31. The van der Waals surface area contributed by atoms with Crippen molar-refractivity contribution in [3.8, 4) is 0 Å². The van der Waals surface area contributed by atoms with E-state index in [4.69, 9.17) is 5.73 Å². The van der Waals surface area contributed by atoms with Crippen LogP contribution in [0.15, 0.2) is 18.3 Å². The molecule has 0 radical (unpaired) electrons. The van der Waals surface area contributed by atoms with E-state index in [1.807, 2.05) is 0 Å². The lowest BCUT2D eigenvalue weighted by atomic mass is 10.2. The van der Waals surface area contributed by atoms with E-state index in [9.17, 15) is 4.79 Å². The molecule has 2 aromatic heterocycles. The van der Waals surface area contributed by atoms with Crippen molar-refractivity contribution in [3.63, 3.8) is 0 Å². The number of pyridine rings is 1. The molecule has 8 nitrogen and oxygen atoms in total. The number of aryl methyl sites for hydroxylation is 1. The molecule has 0 aliphatic heterocycles. The summed E-state index contributed by atoms with van der Waals surface area (Å²) in [4.78, 5) is 16.9. The maximum Gasteiger partial charge on any atom is 0.276 e. The number of rotatable bonds is 3. The average Bonchev–Trinajstić information content (AvgIpc) is 2.75. The number of nitrogens with two attached hydrogens (primary N) is 1. The Kier molecular flexibility index (Phi) is 3.06. The molecule has 0 fully saturated rings. The van der Waals surface area contributed by atoms with Crippen LogP contribution in [0.4, 0.5) is 5.95 Å². The zero-order chi connectivity index (χ0) is 12.3. The molecule has 0 saturated heterocycles. The van der Waals surface area contributed by atoms with Crippen molar-refractivity contribution in [2.24, 2.45) is 12.8 Å². The van der Waals surface area contributed by atoms with Gasteiger partial charge in [-0.15, -0.1) is 5.10 Å². The minimum absolute atomic E-state index is 0.141. The molecule has 2 aromatic rings. The number of nitrogens with one attached hydrogen (secondary N) is 1. The van der Waals surface area contributed by atoms with Crippen LogP contribution >= 0.6 is 0 Å². The highest BCUT2D eigenvalue weighted by molar-refractivity contribution is 6.01. The van der Waals surface area contributed by atoms with Gasteiger partial charge < -0.3 is 5.73 Å². The lowest BCUT2D eigenvalue weighted by molar-refractivity contribution is 0.102. The highest BCUT2D eigenvalue weighted by Crippen LogP contribution is 2.02. The van der Waals surface area contributed by atoms with Crippen molar-refractivity contribution < 1.29 is 4.79 Å². The molecule has 2 rings (SSSR count). The fourth-order valence-electron chi connectivity index (χ4n) is 1.18. The first kappa shape index (κ1) is 11.1. The van der Waals surface area contributed by atoms with Crippen LogP contribution in [-0.2, 0) is 13.6 Å². The Bertz CT molecular complexity index is 518. The summed E-state index contributed by atoms with van der Waals surface area (Å²) in [6.07, 6.45) is 1.55. The molecule has 0 aliphatic carbocycles. The number of carbonyl (C=O) groups excluding carboxylic acids is 1. The fourth-order valence-corrected chi connectivity index (χ4v) is 1.18. The SMILES string of the molecule is Cn1nnc(NC(=O)c2ccc(CN)cn2)n1. The monoisotopic (exact) mass is 233 g/mol. The van der Waals surface area contributed by atoms with Crippen LogP contribution in [0.2, 0.25) is 0 Å². The van der Waals surface area contributed by atoms with Gasteiger partial charge in [0.05, 0.1) is 7.05 Å². The molecule has 17 heavy (non-hydrogen) atoms. The molecule has 0 bridgehead atoms. The lowest BCUT2D eigenvalue weighted by Crippen LogP contribution is -2.15. The first-order valence-corrected chi connectivity index (χ1v) is 4.89. The summed E-state index contributed by atoms with van der Waals surface area (Å²) in [6.45, 7) is 0.389. The minimum Gasteiger partial charge on any atom is -0.326 e. The molecule has 0 atom stereocenters. The standard InChI is InChI=1S/C9H11N7O/c1-16-14-9(13-15-16)12-8(17)7-3-2-6(4-10)5-11-7/h2-3,5H,4,10H2,1H3,(H,12,14,17). The molecule has 0 spiro atoms. The largest absolute Gasteiger partial charge is 0.326 e. The van der Waals surface area contributed by atoms with Gasteiger partial charge in [-0.1, -0.05) is 11.2 Å². The Balaban J connectivity index is 2.09. The summed E-state index contributed by atoms with van der Waals surface area (Å²) in [7, 11) is 1.61. The van der Waals surface area contributed by atoms with E-state index in [1.54, 1.807) is 25.4 Å². The van der Waals surface area contributed by atoms with Crippen LogP contribution in [0.3, 0.4) is 0 Å². The third-order valence-electron chi connectivity index (χ3n) is 2.03. The van der Waals surface area contributed by atoms with Crippen LogP contribution in [0.5, 0.6) is 0 Å². The summed E-state index contributed by atoms with van der Waals surface area (Å²) < 4.78 is 0. The lowest BCUT2D eigenvalue weighted by Gasteiger charge is -2.00. The number of amides is 1. The summed E-state index contributed by atoms with van der Waals surface area (Å²) in [5, 5.41) is 13.5. The first-order valence-electron chi connectivity index (χ1n) is 4.89. The van der Waals surface area contributed by atoms with Gasteiger partial charge in [0.25, 0.3) is 11.9 Å². The highest BCUT2D eigenvalue weighted by atomic mass is 16.2. The summed E-state index contributed by atoms with van der Waals surface area (Å²) in [6, 6.07) is 3.33. The molecule has 0 unspecified atom stereocenters. The van der Waals surface area contributed by atoms with Crippen molar-refractivity contribution in [3.05, 3.63) is 29.6 Å². The number of nitrogens with zero attached hydrogens (tertiary/aromatic N) is 5. The highest BCUT2D eigenvalue weighted by Gasteiger charge is 2.10. The van der Waals surface area contributed by atoms with Crippen LogP contribution in [-0.4, -0.2) is 31.1 Å². The second kappa shape index (κ2) is 4.66. The van der Waals surface area contributed by atoms with Crippen LogP contribution in [0.25, 0.3) is 0 Å². The van der Waals surface area contributed by atoms with E-state index >= 15 is 0 Å². The quantitative estimate of drug-likeness (QED) is 0.726. The average molecular weight is 233 g/mol. The van der Waals surface area contributed by atoms with E-state index in [2.05, 4.69) is 25.7 Å². The summed E-state index contributed by atoms with van der Waals surface area (Å²) in [5.74, 6) is -0.247. The van der Waals surface area contributed by atoms with Gasteiger partial charge in [0, 0.05) is 12.7 Å². The number of tetrazole rings is 1. The Morgan fingerprint density at radius 2 is 2.35 bits per heavy atom. The maximum atomic E-state index is 11.7. The first-order chi connectivity index (χ1) is 8.19. The van der Waals surface area contributed by atoms with E-state index < -0.39 is 0 Å². The van der Waals surface area contributed by atoms with Crippen molar-refractivity contribution in [2.45, 2.75) is 6.54 Å². The van der Waals surface area contributed by atoms with Gasteiger partial charge in [0.15, 0.2) is 0 Å². The molecule has 2 heterocycles. The van der Waals surface area contributed by atoms with Gasteiger partial charge in [-0.2, -0.15) is 4.80 Å². The van der Waals surface area contributed by atoms with E-state index in [0.29, 0.717) is 6.54 Å². The van der Waals surface area contributed by atoms with Gasteiger partial charge in [0.1, 0.15) is 5.69 Å². The molecule has 0 saturated carbocycles. The zero-order valence-electron chi connectivity index (χ0n) is 9.16. The molecule has 8 heteroatoms.